The summed E-state index contributed by atoms with van der Waals surface area (Å²) in [6, 6.07) is 29.7. The van der Waals surface area contributed by atoms with Gasteiger partial charge in [0.1, 0.15) is 0 Å². The minimum absolute atomic E-state index is 0.345. The molecule has 0 unspecified atom stereocenters. The van der Waals surface area contributed by atoms with Gasteiger partial charge in [-0.1, -0.05) is 57.6 Å². The zero-order valence-electron chi connectivity index (χ0n) is 29.0. The topological polar surface area (TPSA) is 32.3 Å². The number of rotatable bonds is 3. The van der Waals surface area contributed by atoms with E-state index in [4.69, 9.17) is 25.3 Å². The quantitative estimate of drug-likeness (QED) is 0.0762. The van der Waals surface area contributed by atoms with Crippen molar-refractivity contribution in [1.29, 1.82) is 0 Å². The van der Waals surface area contributed by atoms with Crippen molar-refractivity contribution < 1.29 is 13.2 Å². The maximum Gasteiger partial charge on any atom is 0.0867 e. The molecule has 5 aromatic carbocycles. The standard InChI is InChI=1S/C21H27N2.C12H10.C8H6N2S2.HI.Ru/c1-14-9-16(3)20(17(4)10-14)22-7-8-23(13-22)21-18(5)11-15(2)12-19(21)6;1-9-5-3-7-11-8-4-6-10(2)12(9)11;11-7-8(12)10-6-4-2-1-3-5(6)9-7;;/h9-13H,7-8H2,1-6H3;1,3-8H,2H3;1-4H,(H,9,11)(H,10,12);1H;/q-1;;;;+1/p-3. The number of anilines is 2. The Kier molecular flexibility index (Phi) is 12.7. The van der Waals surface area contributed by atoms with Gasteiger partial charge in [0.05, 0.1) is 11.0 Å². The first-order valence-corrected chi connectivity index (χ1v) is 23.1. The normalized spacial score (nSPS) is 12.8. The Bertz CT molecular complexity index is 1990. The average molecular weight is 882 g/mol. The SMILES string of the molecule is Cc1cc(C)c(N2[CH-]N(c3c(C)cc(C)cc3C)CC2)c(C)c1.Cc1cccc2cccc([CH]=[Ru][I])c12.[S-]c1nc2ccccc2nc1[S-]. The van der Waals surface area contributed by atoms with Crippen molar-refractivity contribution in [2.45, 2.75) is 58.5 Å². The van der Waals surface area contributed by atoms with E-state index in [1.807, 2.05) is 24.3 Å². The molecule has 0 atom stereocenters. The van der Waals surface area contributed by atoms with Gasteiger partial charge in [-0.15, -0.1) is 0 Å². The fraction of sp³-hybridized carbons (Fsp3) is 0.220. The van der Waals surface area contributed by atoms with E-state index in [0.29, 0.717) is 23.2 Å². The van der Waals surface area contributed by atoms with Crippen LogP contribution in [0, 0.1) is 55.1 Å². The smallest absolute Gasteiger partial charge is 0.0867 e. The molecule has 8 heteroatoms. The van der Waals surface area contributed by atoms with Crippen LogP contribution in [0.25, 0.3) is 21.8 Å². The molecule has 4 nitrogen and oxygen atoms in total. The molecule has 1 fully saturated rings. The zero-order chi connectivity index (χ0) is 35.2. The van der Waals surface area contributed by atoms with E-state index in [9.17, 15) is 0 Å². The predicted molar refractivity (Wildman–Crippen MR) is 219 cm³/mol. The van der Waals surface area contributed by atoms with Crippen LogP contribution in [0.3, 0.4) is 0 Å². The predicted octanol–water partition coefficient (Wildman–Crippen LogP) is 10.2. The Balaban J connectivity index is 0.000000154. The summed E-state index contributed by atoms with van der Waals surface area (Å²) in [5.41, 5.74) is 15.2. The minimum atomic E-state index is 0.345. The van der Waals surface area contributed by atoms with Crippen LogP contribution in [0.2, 0.25) is 0 Å². The van der Waals surface area contributed by atoms with Gasteiger partial charge < -0.3 is 35.1 Å². The monoisotopic (exact) mass is 882 g/mol. The number of aryl methyl sites for hydroxylation is 7. The molecule has 1 aliphatic rings. The third-order valence-corrected chi connectivity index (χ3v) is 11.2. The summed E-state index contributed by atoms with van der Waals surface area (Å²) in [6.45, 7) is 19.8. The molecule has 7 rings (SSSR count). The number of hydrogen-bond acceptors (Lipinski definition) is 6. The van der Waals surface area contributed by atoms with Crippen LogP contribution in [-0.2, 0) is 38.4 Å². The Morgan fingerprint density at radius 1 is 0.633 bits per heavy atom. The average Bonchev–Trinajstić information content (AvgIpc) is 3.50. The second-order valence-electron chi connectivity index (χ2n) is 12.5. The van der Waals surface area contributed by atoms with Gasteiger partial charge in [-0.2, -0.15) is 6.67 Å². The van der Waals surface area contributed by atoms with E-state index in [-0.39, 0.29) is 0 Å². The number of fused-ring (bicyclic) bond motifs is 2. The van der Waals surface area contributed by atoms with Crippen LogP contribution < -0.4 is 9.80 Å². The van der Waals surface area contributed by atoms with E-state index in [1.165, 1.54) is 66.7 Å². The Morgan fingerprint density at radius 2 is 1.08 bits per heavy atom. The minimum Gasteiger partial charge on any atom is -0.760 e. The van der Waals surface area contributed by atoms with E-state index < -0.39 is 0 Å². The summed E-state index contributed by atoms with van der Waals surface area (Å²) in [7, 11) is 0. The fourth-order valence-corrected chi connectivity index (χ4v) is 9.06. The van der Waals surface area contributed by atoms with E-state index >= 15 is 0 Å². The third-order valence-electron chi connectivity index (χ3n) is 8.51. The number of nitrogens with zero attached hydrogens (tertiary/aromatic N) is 4. The van der Waals surface area contributed by atoms with Crippen LogP contribution in [0.5, 0.6) is 0 Å². The van der Waals surface area contributed by atoms with Gasteiger partial charge in [0, 0.05) is 24.5 Å². The number of hydrogen-bond donors (Lipinski definition) is 0. The molecule has 255 valence electrons. The molecular formula is C41H41IN4RuS2-3. The first-order valence-electron chi connectivity index (χ1n) is 16.1. The molecule has 1 aromatic heterocycles. The summed E-state index contributed by atoms with van der Waals surface area (Å²) in [5.74, 6) is 0. The number of aromatic nitrogens is 2. The Hall–Kier alpha value is -3.04. The van der Waals surface area contributed by atoms with Crippen molar-refractivity contribution in [3.8, 4) is 0 Å². The molecule has 0 bridgehead atoms. The third kappa shape index (κ3) is 9.01. The molecule has 2 heterocycles. The Labute approximate surface area is 320 Å². The molecule has 0 spiro atoms. The van der Waals surface area contributed by atoms with Gasteiger partial charge in [-0.25, -0.2) is 0 Å². The number of para-hydroxylation sites is 2. The number of halogens is 1. The molecule has 0 N–H and O–H groups in total. The van der Waals surface area contributed by atoms with Crippen molar-refractivity contribution >= 4 is 82.8 Å². The van der Waals surface area contributed by atoms with Crippen molar-refractivity contribution in [2.24, 2.45) is 0 Å². The second kappa shape index (κ2) is 16.8. The van der Waals surface area contributed by atoms with Gasteiger partial charge in [-0.3, -0.25) is 9.97 Å². The first kappa shape index (κ1) is 37.2. The molecule has 0 radical (unpaired) electrons. The Morgan fingerprint density at radius 3 is 1.53 bits per heavy atom. The van der Waals surface area contributed by atoms with Crippen LogP contribution in [0.15, 0.2) is 95.0 Å². The van der Waals surface area contributed by atoms with Crippen molar-refractivity contribution in [2.75, 3.05) is 22.9 Å². The van der Waals surface area contributed by atoms with Crippen LogP contribution in [-0.4, -0.2) is 27.7 Å². The van der Waals surface area contributed by atoms with Gasteiger partial charge in [0.2, 0.25) is 0 Å². The fourth-order valence-electron chi connectivity index (χ4n) is 6.75. The van der Waals surface area contributed by atoms with Gasteiger partial charge in [0.15, 0.2) is 0 Å². The van der Waals surface area contributed by atoms with Crippen molar-refractivity contribution in [1.82, 2.24) is 9.97 Å². The molecule has 1 aliphatic heterocycles. The maximum absolute atomic E-state index is 4.90. The molecular weight excluding hydrogens is 841 g/mol. The van der Waals surface area contributed by atoms with Gasteiger partial charge in [0.25, 0.3) is 0 Å². The maximum atomic E-state index is 4.90. The van der Waals surface area contributed by atoms with Crippen LogP contribution in [0.4, 0.5) is 11.4 Å². The summed E-state index contributed by atoms with van der Waals surface area (Å²) in [5, 5.41) is 3.58. The second-order valence-corrected chi connectivity index (χ2v) is 16.8. The molecule has 49 heavy (non-hydrogen) atoms. The van der Waals surface area contributed by atoms with E-state index in [0.717, 1.165) is 24.1 Å². The zero-order valence-corrected chi connectivity index (χ0v) is 34.5. The van der Waals surface area contributed by atoms with E-state index in [1.54, 1.807) is 0 Å². The summed E-state index contributed by atoms with van der Waals surface area (Å²) in [4.78, 5) is 13.1. The van der Waals surface area contributed by atoms with Crippen molar-refractivity contribution in [3.05, 3.63) is 136 Å². The van der Waals surface area contributed by atoms with E-state index in [2.05, 4.69) is 160 Å². The molecule has 0 amide bonds. The first-order chi connectivity index (χ1) is 23.5. The van der Waals surface area contributed by atoms with Crippen LogP contribution >= 0.6 is 19.8 Å². The molecule has 1 saturated heterocycles. The summed E-state index contributed by atoms with van der Waals surface area (Å²) < 4.78 is 2.36. The van der Waals surface area contributed by atoms with Gasteiger partial charge >= 0.3 is 103 Å². The van der Waals surface area contributed by atoms with Crippen molar-refractivity contribution in [3.63, 3.8) is 0 Å². The number of benzene rings is 5. The summed E-state index contributed by atoms with van der Waals surface area (Å²) in [6.07, 6.45) is 0. The molecule has 0 saturated carbocycles. The molecule has 0 aliphatic carbocycles. The largest absolute Gasteiger partial charge is 0.760 e. The van der Waals surface area contributed by atoms with Gasteiger partial charge in [-0.05, 0) is 75.9 Å². The summed E-state index contributed by atoms with van der Waals surface area (Å²) >= 11 is 12.6. The van der Waals surface area contributed by atoms with Crippen LogP contribution in [0.1, 0.15) is 44.5 Å². The molecule has 6 aromatic rings.